The molecular weight excluding hydrogens is 162 g/mol. The highest BCUT2D eigenvalue weighted by molar-refractivity contribution is 4.67. The topological polar surface area (TPSA) is 23.5 Å². The van der Waals surface area contributed by atoms with E-state index in [9.17, 15) is 5.11 Å². The van der Waals surface area contributed by atoms with Gasteiger partial charge in [0.1, 0.15) is 0 Å². The first-order chi connectivity index (χ1) is 5.95. The van der Waals surface area contributed by atoms with Gasteiger partial charge in [-0.1, -0.05) is 19.8 Å². The average molecular weight is 187 g/mol. The fraction of sp³-hybridized carbons (Fsp3) is 1.00. The minimum atomic E-state index is -0.515. The summed E-state index contributed by atoms with van der Waals surface area (Å²) in [5, 5.41) is 9.51. The zero-order valence-corrected chi connectivity index (χ0v) is 9.64. The second kappa shape index (κ2) is 6.39. The third-order valence-corrected chi connectivity index (χ3v) is 2.25. The van der Waals surface area contributed by atoms with Crippen LogP contribution in [-0.2, 0) is 0 Å². The summed E-state index contributed by atoms with van der Waals surface area (Å²) in [6.07, 6.45) is 4.72. The van der Waals surface area contributed by atoms with E-state index in [0.29, 0.717) is 0 Å². The quantitative estimate of drug-likeness (QED) is 0.618. The van der Waals surface area contributed by atoms with Crippen LogP contribution in [0.3, 0.4) is 0 Å². The van der Waals surface area contributed by atoms with Crippen LogP contribution in [0.4, 0.5) is 0 Å². The monoisotopic (exact) mass is 187 g/mol. The highest BCUT2D eigenvalue weighted by Gasteiger charge is 2.12. The van der Waals surface area contributed by atoms with Crippen molar-refractivity contribution in [3.63, 3.8) is 0 Å². The van der Waals surface area contributed by atoms with E-state index in [1.807, 2.05) is 13.8 Å². The van der Waals surface area contributed by atoms with Gasteiger partial charge in [0.15, 0.2) is 0 Å². The lowest BCUT2D eigenvalue weighted by molar-refractivity contribution is 0.0606. The summed E-state index contributed by atoms with van der Waals surface area (Å²) >= 11 is 0. The molecule has 0 aliphatic carbocycles. The Hall–Kier alpha value is -0.0800. The minimum absolute atomic E-state index is 0.515. The van der Waals surface area contributed by atoms with E-state index in [0.717, 1.165) is 19.5 Å². The summed E-state index contributed by atoms with van der Waals surface area (Å²) in [5.74, 6) is 0. The molecule has 0 rings (SSSR count). The van der Waals surface area contributed by atoms with Crippen LogP contribution in [0.25, 0.3) is 0 Å². The van der Waals surface area contributed by atoms with Gasteiger partial charge in [-0.2, -0.15) is 0 Å². The molecular formula is C11H25NO. The molecule has 0 fully saturated rings. The van der Waals surface area contributed by atoms with Crippen LogP contribution in [0, 0.1) is 0 Å². The smallest absolute Gasteiger partial charge is 0.0603 e. The lowest BCUT2D eigenvalue weighted by Crippen LogP contribution is -2.29. The fourth-order valence-corrected chi connectivity index (χ4v) is 1.21. The maximum atomic E-state index is 9.51. The molecule has 0 aromatic carbocycles. The summed E-state index contributed by atoms with van der Waals surface area (Å²) in [6, 6.07) is 0. The molecule has 1 N–H and O–H groups in total. The van der Waals surface area contributed by atoms with Gasteiger partial charge in [-0.3, -0.25) is 0 Å². The predicted molar refractivity (Wildman–Crippen MR) is 57.9 cm³/mol. The van der Waals surface area contributed by atoms with Crippen LogP contribution in [-0.4, -0.2) is 35.7 Å². The summed E-state index contributed by atoms with van der Waals surface area (Å²) in [6.45, 7) is 8.10. The molecule has 0 aliphatic rings. The maximum absolute atomic E-state index is 9.51. The Morgan fingerprint density at radius 1 is 1.15 bits per heavy atom. The third kappa shape index (κ3) is 9.84. The first-order valence-corrected chi connectivity index (χ1v) is 5.36. The SMILES string of the molecule is CCCCCN(C)CCC(C)(C)O. The predicted octanol–water partition coefficient (Wildman–Crippen LogP) is 2.27. The van der Waals surface area contributed by atoms with Gasteiger partial charge in [0.25, 0.3) is 0 Å². The molecule has 0 radical (unpaired) electrons. The van der Waals surface area contributed by atoms with Crippen LogP contribution in [0.1, 0.15) is 46.5 Å². The van der Waals surface area contributed by atoms with Gasteiger partial charge in [0.05, 0.1) is 5.60 Å². The Labute approximate surface area is 82.9 Å². The maximum Gasteiger partial charge on any atom is 0.0603 e. The van der Waals surface area contributed by atoms with E-state index in [1.165, 1.54) is 19.3 Å². The van der Waals surface area contributed by atoms with Crippen molar-refractivity contribution in [2.24, 2.45) is 0 Å². The highest BCUT2D eigenvalue weighted by atomic mass is 16.3. The lowest BCUT2D eigenvalue weighted by atomic mass is 10.1. The Morgan fingerprint density at radius 3 is 2.23 bits per heavy atom. The second-order valence-corrected chi connectivity index (χ2v) is 4.57. The molecule has 13 heavy (non-hydrogen) atoms. The van der Waals surface area contributed by atoms with E-state index >= 15 is 0 Å². The molecule has 2 nitrogen and oxygen atoms in total. The van der Waals surface area contributed by atoms with Crippen LogP contribution >= 0.6 is 0 Å². The summed E-state index contributed by atoms with van der Waals surface area (Å²) in [7, 11) is 2.13. The number of hydrogen-bond acceptors (Lipinski definition) is 2. The Kier molecular flexibility index (Phi) is 6.35. The van der Waals surface area contributed by atoms with Crippen molar-refractivity contribution < 1.29 is 5.11 Å². The van der Waals surface area contributed by atoms with Crippen molar-refractivity contribution in [1.82, 2.24) is 4.90 Å². The highest BCUT2D eigenvalue weighted by Crippen LogP contribution is 2.08. The molecule has 0 bridgehead atoms. The minimum Gasteiger partial charge on any atom is -0.390 e. The van der Waals surface area contributed by atoms with Gasteiger partial charge in [-0.25, -0.2) is 0 Å². The van der Waals surface area contributed by atoms with Gasteiger partial charge in [-0.05, 0) is 40.3 Å². The Balaban J connectivity index is 3.35. The number of rotatable bonds is 7. The van der Waals surface area contributed by atoms with E-state index < -0.39 is 5.60 Å². The molecule has 0 saturated heterocycles. The standard InChI is InChI=1S/C11H25NO/c1-5-6-7-9-12(4)10-8-11(2,3)13/h13H,5-10H2,1-4H3. The number of aliphatic hydroxyl groups is 1. The van der Waals surface area contributed by atoms with Gasteiger partial charge >= 0.3 is 0 Å². The molecule has 0 aromatic rings. The van der Waals surface area contributed by atoms with E-state index in [4.69, 9.17) is 0 Å². The first kappa shape index (κ1) is 12.9. The molecule has 0 aliphatic heterocycles. The fourth-order valence-electron chi connectivity index (χ4n) is 1.21. The second-order valence-electron chi connectivity index (χ2n) is 4.57. The lowest BCUT2D eigenvalue weighted by Gasteiger charge is -2.22. The Morgan fingerprint density at radius 2 is 1.77 bits per heavy atom. The number of hydrogen-bond donors (Lipinski definition) is 1. The van der Waals surface area contributed by atoms with Crippen molar-refractivity contribution >= 4 is 0 Å². The average Bonchev–Trinajstić information content (AvgIpc) is 2.00. The van der Waals surface area contributed by atoms with Crippen molar-refractivity contribution in [3.8, 4) is 0 Å². The molecule has 0 amide bonds. The molecule has 2 heteroatoms. The largest absolute Gasteiger partial charge is 0.390 e. The molecule has 0 aromatic heterocycles. The van der Waals surface area contributed by atoms with Crippen LogP contribution < -0.4 is 0 Å². The number of unbranched alkanes of at least 4 members (excludes halogenated alkanes) is 2. The molecule has 80 valence electrons. The van der Waals surface area contributed by atoms with Crippen molar-refractivity contribution in [3.05, 3.63) is 0 Å². The van der Waals surface area contributed by atoms with Crippen molar-refractivity contribution in [1.29, 1.82) is 0 Å². The normalized spacial score (nSPS) is 12.5. The van der Waals surface area contributed by atoms with Gasteiger partial charge in [-0.15, -0.1) is 0 Å². The van der Waals surface area contributed by atoms with Gasteiger partial charge < -0.3 is 10.0 Å². The molecule has 0 unspecified atom stereocenters. The van der Waals surface area contributed by atoms with E-state index in [2.05, 4.69) is 18.9 Å². The number of nitrogens with zero attached hydrogens (tertiary/aromatic N) is 1. The van der Waals surface area contributed by atoms with Crippen LogP contribution in [0.2, 0.25) is 0 Å². The van der Waals surface area contributed by atoms with Crippen molar-refractivity contribution in [2.45, 2.75) is 52.1 Å². The first-order valence-electron chi connectivity index (χ1n) is 5.36. The Bertz CT molecular complexity index is 118. The summed E-state index contributed by atoms with van der Waals surface area (Å²) in [4.78, 5) is 2.30. The molecule has 0 saturated carbocycles. The van der Waals surface area contributed by atoms with Crippen LogP contribution in [0.15, 0.2) is 0 Å². The van der Waals surface area contributed by atoms with Gasteiger partial charge in [0, 0.05) is 6.54 Å². The third-order valence-electron chi connectivity index (χ3n) is 2.25. The van der Waals surface area contributed by atoms with E-state index in [1.54, 1.807) is 0 Å². The van der Waals surface area contributed by atoms with Crippen LogP contribution in [0.5, 0.6) is 0 Å². The van der Waals surface area contributed by atoms with Gasteiger partial charge in [0.2, 0.25) is 0 Å². The van der Waals surface area contributed by atoms with E-state index in [-0.39, 0.29) is 0 Å². The zero-order valence-electron chi connectivity index (χ0n) is 9.64. The van der Waals surface area contributed by atoms with Crippen molar-refractivity contribution in [2.75, 3.05) is 20.1 Å². The summed E-state index contributed by atoms with van der Waals surface area (Å²) in [5.41, 5.74) is -0.515. The zero-order chi connectivity index (χ0) is 10.3. The molecule has 0 spiro atoms. The molecule has 0 atom stereocenters. The summed E-state index contributed by atoms with van der Waals surface area (Å²) < 4.78 is 0. The molecule has 0 heterocycles.